The summed E-state index contributed by atoms with van der Waals surface area (Å²) in [6.45, 7) is 7.48. The quantitative estimate of drug-likeness (QED) is 0.666. The van der Waals surface area contributed by atoms with Gasteiger partial charge in [0.2, 0.25) is 5.91 Å². The molecule has 5 nitrogen and oxygen atoms in total. The molecule has 0 bridgehead atoms. The maximum Gasteiger partial charge on any atom is 0.254 e. The third kappa shape index (κ3) is 4.92. The number of aryl methyl sites for hydroxylation is 1. The third-order valence-corrected chi connectivity index (χ3v) is 3.81. The highest BCUT2D eigenvalue weighted by Crippen LogP contribution is 2.17. The Labute approximate surface area is 152 Å². The van der Waals surface area contributed by atoms with Crippen LogP contribution in [0.1, 0.15) is 22.8 Å². The van der Waals surface area contributed by atoms with E-state index in [1.165, 1.54) is 12.1 Å². The number of benzene rings is 2. The van der Waals surface area contributed by atoms with Crippen LogP contribution < -0.4 is 16.0 Å². The highest BCUT2D eigenvalue weighted by molar-refractivity contribution is 6.03. The molecule has 0 saturated carbocycles. The van der Waals surface area contributed by atoms with Crippen molar-refractivity contribution < 1.29 is 14.0 Å². The number of nitrogens with one attached hydrogen (secondary N) is 3. The summed E-state index contributed by atoms with van der Waals surface area (Å²) >= 11 is 0. The molecule has 136 valence electrons. The van der Waals surface area contributed by atoms with Crippen molar-refractivity contribution in [1.29, 1.82) is 0 Å². The van der Waals surface area contributed by atoms with Gasteiger partial charge in [0, 0.05) is 17.9 Å². The Morgan fingerprint density at radius 1 is 1.19 bits per heavy atom. The zero-order valence-corrected chi connectivity index (χ0v) is 14.8. The molecule has 0 unspecified atom stereocenters. The minimum Gasteiger partial charge on any atom is -0.381 e. The highest BCUT2D eigenvalue weighted by atomic mass is 19.1. The van der Waals surface area contributed by atoms with Gasteiger partial charge in [0.05, 0.1) is 5.56 Å². The Kier molecular flexibility index (Phi) is 6.49. The lowest BCUT2D eigenvalue weighted by molar-refractivity contribution is -0.117. The number of halogens is 1. The van der Waals surface area contributed by atoms with Crippen LogP contribution in [-0.4, -0.2) is 24.4 Å². The lowest BCUT2D eigenvalue weighted by Crippen LogP contribution is -2.41. The van der Waals surface area contributed by atoms with Crippen LogP contribution in [0.5, 0.6) is 0 Å². The van der Waals surface area contributed by atoms with E-state index < -0.39 is 17.8 Å². The van der Waals surface area contributed by atoms with E-state index in [-0.39, 0.29) is 5.91 Å². The fourth-order valence-corrected chi connectivity index (χ4v) is 2.33. The second-order valence-electron chi connectivity index (χ2n) is 5.86. The van der Waals surface area contributed by atoms with Gasteiger partial charge < -0.3 is 16.0 Å². The molecule has 26 heavy (non-hydrogen) atoms. The van der Waals surface area contributed by atoms with Crippen molar-refractivity contribution in [3.05, 3.63) is 72.1 Å². The van der Waals surface area contributed by atoms with E-state index in [2.05, 4.69) is 22.5 Å². The van der Waals surface area contributed by atoms with E-state index in [1.54, 1.807) is 44.2 Å². The number of hydrogen-bond acceptors (Lipinski definition) is 3. The van der Waals surface area contributed by atoms with Gasteiger partial charge in [0.25, 0.3) is 5.91 Å². The highest BCUT2D eigenvalue weighted by Gasteiger charge is 2.19. The number of para-hydroxylation sites is 1. The fourth-order valence-electron chi connectivity index (χ4n) is 2.33. The molecule has 2 aromatic rings. The van der Waals surface area contributed by atoms with Gasteiger partial charge in [-0.3, -0.25) is 9.59 Å². The topological polar surface area (TPSA) is 70.2 Å². The molecule has 2 aromatic carbocycles. The smallest absolute Gasteiger partial charge is 0.254 e. The van der Waals surface area contributed by atoms with E-state index in [9.17, 15) is 14.0 Å². The Bertz CT molecular complexity index is 820. The van der Waals surface area contributed by atoms with Crippen LogP contribution in [0, 0.1) is 12.7 Å². The standard InChI is InChI=1S/C20H22FN3O2/c1-4-11-22-17-8-6-5-7-16(17)20(26)23-14(3)19(25)24-18-12-15(21)10-9-13(18)2/h4-10,12,14,22H,1,11H2,2-3H3,(H,23,26)(H,24,25)/t14-/m0/s1. The summed E-state index contributed by atoms with van der Waals surface area (Å²) in [7, 11) is 0. The van der Waals surface area contributed by atoms with Crippen molar-refractivity contribution in [2.75, 3.05) is 17.2 Å². The third-order valence-electron chi connectivity index (χ3n) is 3.81. The van der Waals surface area contributed by atoms with Crippen LogP contribution in [0.3, 0.4) is 0 Å². The summed E-state index contributed by atoms with van der Waals surface area (Å²) in [4.78, 5) is 24.8. The maximum absolute atomic E-state index is 13.3. The van der Waals surface area contributed by atoms with E-state index in [1.807, 2.05) is 6.07 Å². The first kappa shape index (κ1) is 19.2. The zero-order chi connectivity index (χ0) is 19.1. The molecule has 0 fully saturated rings. The van der Waals surface area contributed by atoms with Gasteiger partial charge in [0.1, 0.15) is 11.9 Å². The first-order valence-corrected chi connectivity index (χ1v) is 8.24. The summed E-state index contributed by atoms with van der Waals surface area (Å²) in [6.07, 6.45) is 1.69. The molecule has 0 saturated heterocycles. The average molecular weight is 355 g/mol. The van der Waals surface area contributed by atoms with Crippen LogP contribution >= 0.6 is 0 Å². The monoisotopic (exact) mass is 355 g/mol. The van der Waals surface area contributed by atoms with E-state index in [4.69, 9.17) is 0 Å². The van der Waals surface area contributed by atoms with Gasteiger partial charge in [0.15, 0.2) is 0 Å². The number of carbonyl (C=O) groups is 2. The summed E-state index contributed by atoms with van der Waals surface area (Å²) in [5.41, 5.74) is 2.19. The van der Waals surface area contributed by atoms with Gasteiger partial charge in [-0.1, -0.05) is 24.3 Å². The molecule has 0 radical (unpaired) electrons. The second-order valence-corrected chi connectivity index (χ2v) is 5.86. The Morgan fingerprint density at radius 3 is 2.65 bits per heavy atom. The Hall–Kier alpha value is -3.15. The van der Waals surface area contributed by atoms with Gasteiger partial charge in [-0.25, -0.2) is 4.39 Å². The van der Waals surface area contributed by atoms with Crippen molar-refractivity contribution >= 4 is 23.2 Å². The summed E-state index contributed by atoms with van der Waals surface area (Å²) in [5.74, 6) is -1.25. The summed E-state index contributed by atoms with van der Waals surface area (Å²) < 4.78 is 13.3. The lowest BCUT2D eigenvalue weighted by Gasteiger charge is -2.17. The SMILES string of the molecule is C=CCNc1ccccc1C(=O)N[C@@H](C)C(=O)Nc1cc(F)ccc1C. The number of carbonyl (C=O) groups excluding carboxylic acids is 2. The van der Waals surface area contributed by atoms with Crippen molar-refractivity contribution in [3.63, 3.8) is 0 Å². The second kappa shape index (κ2) is 8.80. The molecule has 1 atom stereocenters. The molecular weight excluding hydrogens is 333 g/mol. The lowest BCUT2D eigenvalue weighted by atomic mass is 10.1. The molecule has 6 heteroatoms. The van der Waals surface area contributed by atoms with E-state index in [0.29, 0.717) is 23.5 Å². The van der Waals surface area contributed by atoms with Crippen molar-refractivity contribution in [2.24, 2.45) is 0 Å². The van der Waals surface area contributed by atoms with Crippen LogP contribution in [0.2, 0.25) is 0 Å². The number of rotatable bonds is 7. The van der Waals surface area contributed by atoms with Crippen LogP contribution in [0.25, 0.3) is 0 Å². The average Bonchev–Trinajstić information content (AvgIpc) is 2.63. The molecule has 0 aliphatic heterocycles. The molecule has 0 heterocycles. The van der Waals surface area contributed by atoms with Gasteiger partial charge in [-0.15, -0.1) is 6.58 Å². The Morgan fingerprint density at radius 2 is 1.92 bits per heavy atom. The summed E-state index contributed by atoms with van der Waals surface area (Å²) in [6, 6.07) is 10.4. The maximum atomic E-state index is 13.3. The van der Waals surface area contributed by atoms with Crippen molar-refractivity contribution in [2.45, 2.75) is 19.9 Å². The molecule has 0 aliphatic rings. The minimum atomic E-state index is -0.794. The minimum absolute atomic E-state index is 0.379. The zero-order valence-electron chi connectivity index (χ0n) is 14.8. The molecule has 3 N–H and O–H groups in total. The largest absolute Gasteiger partial charge is 0.381 e. The van der Waals surface area contributed by atoms with Gasteiger partial charge >= 0.3 is 0 Å². The van der Waals surface area contributed by atoms with Gasteiger partial charge in [-0.05, 0) is 43.7 Å². The predicted octanol–water partition coefficient (Wildman–Crippen LogP) is 3.49. The molecule has 2 amide bonds. The molecular formula is C20H22FN3O2. The normalized spacial score (nSPS) is 11.3. The van der Waals surface area contributed by atoms with Crippen molar-refractivity contribution in [3.8, 4) is 0 Å². The van der Waals surface area contributed by atoms with E-state index in [0.717, 1.165) is 5.56 Å². The summed E-state index contributed by atoms with van der Waals surface area (Å²) in [5, 5.41) is 8.37. The molecule has 2 rings (SSSR count). The van der Waals surface area contributed by atoms with Gasteiger partial charge in [-0.2, -0.15) is 0 Å². The number of amides is 2. The Balaban J connectivity index is 2.05. The first-order chi connectivity index (χ1) is 12.4. The van der Waals surface area contributed by atoms with E-state index >= 15 is 0 Å². The van der Waals surface area contributed by atoms with Crippen molar-refractivity contribution in [1.82, 2.24) is 5.32 Å². The number of hydrogen-bond donors (Lipinski definition) is 3. The predicted molar refractivity (Wildman–Crippen MR) is 102 cm³/mol. The van der Waals surface area contributed by atoms with Crippen LogP contribution in [-0.2, 0) is 4.79 Å². The van der Waals surface area contributed by atoms with Crippen LogP contribution in [0.15, 0.2) is 55.1 Å². The molecule has 0 aliphatic carbocycles. The first-order valence-electron chi connectivity index (χ1n) is 8.24. The number of anilines is 2. The fraction of sp³-hybridized carbons (Fsp3) is 0.200. The molecule has 0 aromatic heterocycles. The van der Waals surface area contributed by atoms with Crippen LogP contribution in [0.4, 0.5) is 15.8 Å². The molecule has 0 spiro atoms.